The quantitative estimate of drug-likeness (QED) is 0.621. The lowest BCUT2D eigenvalue weighted by atomic mass is 10.2. The van der Waals surface area contributed by atoms with Gasteiger partial charge in [-0.3, -0.25) is 0 Å². The van der Waals surface area contributed by atoms with Crippen molar-refractivity contribution in [2.45, 2.75) is 6.61 Å². The van der Waals surface area contributed by atoms with Gasteiger partial charge in [-0.05, 0) is 5.56 Å². The van der Waals surface area contributed by atoms with Crippen LogP contribution >= 0.6 is 0 Å². The molecule has 65 valence electrons. The first kappa shape index (κ1) is 9.23. The van der Waals surface area contributed by atoms with Crippen LogP contribution in [0.1, 0.15) is 5.56 Å². The molecule has 12 heavy (non-hydrogen) atoms. The molecule has 0 heterocycles. The molecule has 0 spiro atoms. The Labute approximate surface area is 73.1 Å². The summed E-state index contributed by atoms with van der Waals surface area (Å²) in [7, 11) is 1.62. The van der Waals surface area contributed by atoms with E-state index in [0.29, 0.717) is 13.2 Å². The Morgan fingerprint density at radius 2 is 2.00 bits per heavy atom. The van der Waals surface area contributed by atoms with Crippen molar-refractivity contribution in [2.24, 2.45) is 0 Å². The lowest BCUT2D eigenvalue weighted by molar-refractivity contribution is 0.0974. The minimum Gasteiger partial charge on any atom is -0.376 e. The molecule has 0 aliphatic rings. The summed E-state index contributed by atoms with van der Waals surface area (Å²) in [6.07, 6.45) is 0. The normalized spacial score (nSPS) is 10.1. The lowest BCUT2D eigenvalue weighted by Crippen LogP contribution is -1.96. The van der Waals surface area contributed by atoms with E-state index in [4.69, 9.17) is 9.47 Å². The molecule has 1 radical (unpaired) electrons. The molecule has 0 saturated carbocycles. The minimum absolute atomic E-state index is 0.533. The third-order valence-electron chi connectivity index (χ3n) is 1.46. The third-order valence-corrected chi connectivity index (χ3v) is 1.46. The maximum Gasteiger partial charge on any atom is 0.109 e. The van der Waals surface area contributed by atoms with Crippen molar-refractivity contribution in [2.75, 3.05) is 13.7 Å². The second kappa shape index (κ2) is 5.75. The van der Waals surface area contributed by atoms with Crippen LogP contribution in [0, 0.1) is 6.61 Å². The second-order valence-corrected chi connectivity index (χ2v) is 2.40. The van der Waals surface area contributed by atoms with Crippen LogP contribution in [0.3, 0.4) is 0 Å². The van der Waals surface area contributed by atoms with Gasteiger partial charge in [0, 0.05) is 7.11 Å². The Morgan fingerprint density at radius 1 is 1.25 bits per heavy atom. The Kier molecular flexibility index (Phi) is 4.42. The van der Waals surface area contributed by atoms with Crippen LogP contribution in [-0.2, 0) is 16.1 Å². The standard InChI is InChI=1S/C10H13O2/c1-11-7-8-12-9-10-5-3-2-4-6-10/h2-7H,8-9H2,1H3. The number of methoxy groups -OCH3 is 1. The van der Waals surface area contributed by atoms with E-state index in [2.05, 4.69) is 0 Å². The number of benzene rings is 1. The van der Waals surface area contributed by atoms with Gasteiger partial charge in [0.2, 0.25) is 0 Å². The molecule has 0 aliphatic carbocycles. The zero-order chi connectivity index (χ0) is 8.65. The monoisotopic (exact) mass is 165 g/mol. The molecule has 2 nitrogen and oxygen atoms in total. The van der Waals surface area contributed by atoms with Gasteiger partial charge in [0.05, 0.1) is 13.2 Å². The molecule has 0 amide bonds. The summed E-state index contributed by atoms with van der Waals surface area (Å²) >= 11 is 0. The van der Waals surface area contributed by atoms with Gasteiger partial charge >= 0.3 is 0 Å². The van der Waals surface area contributed by atoms with Gasteiger partial charge in [-0.15, -0.1) is 0 Å². The Hall–Kier alpha value is -0.860. The summed E-state index contributed by atoms with van der Waals surface area (Å²) < 4.78 is 10.0. The van der Waals surface area contributed by atoms with Crippen molar-refractivity contribution in [1.29, 1.82) is 0 Å². The number of rotatable bonds is 5. The van der Waals surface area contributed by atoms with E-state index in [1.54, 1.807) is 13.7 Å². The fourth-order valence-electron chi connectivity index (χ4n) is 0.867. The molecule has 0 fully saturated rings. The summed E-state index contributed by atoms with van der Waals surface area (Å²) in [6, 6.07) is 10.1. The predicted molar refractivity (Wildman–Crippen MR) is 47.4 cm³/mol. The maximum atomic E-state index is 5.28. The van der Waals surface area contributed by atoms with E-state index in [-0.39, 0.29) is 0 Å². The first-order valence-electron chi connectivity index (χ1n) is 3.89. The first-order valence-corrected chi connectivity index (χ1v) is 3.89. The van der Waals surface area contributed by atoms with Crippen LogP contribution in [-0.4, -0.2) is 13.7 Å². The highest BCUT2D eigenvalue weighted by Crippen LogP contribution is 2.00. The average molecular weight is 165 g/mol. The van der Waals surface area contributed by atoms with E-state index >= 15 is 0 Å². The van der Waals surface area contributed by atoms with Crippen LogP contribution in [0.25, 0.3) is 0 Å². The molecule has 0 atom stereocenters. The van der Waals surface area contributed by atoms with Crippen LogP contribution in [0.2, 0.25) is 0 Å². The van der Waals surface area contributed by atoms with Gasteiger partial charge < -0.3 is 9.47 Å². The van der Waals surface area contributed by atoms with Gasteiger partial charge in [0.15, 0.2) is 0 Å². The highest BCUT2D eigenvalue weighted by atomic mass is 16.5. The van der Waals surface area contributed by atoms with Crippen molar-refractivity contribution in [3.63, 3.8) is 0 Å². The van der Waals surface area contributed by atoms with Gasteiger partial charge in [-0.1, -0.05) is 30.3 Å². The average Bonchev–Trinajstić information content (AvgIpc) is 2.14. The Morgan fingerprint density at radius 3 is 2.67 bits per heavy atom. The largest absolute Gasteiger partial charge is 0.376 e. The molecular weight excluding hydrogens is 152 g/mol. The van der Waals surface area contributed by atoms with Gasteiger partial charge in [0.1, 0.15) is 6.61 Å². The van der Waals surface area contributed by atoms with E-state index < -0.39 is 0 Å². The van der Waals surface area contributed by atoms with E-state index in [0.717, 1.165) is 0 Å². The molecule has 0 saturated heterocycles. The fraction of sp³-hybridized carbons (Fsp3) is 0.300. The summed E-state index contributed by atoms with van der Waals surface area (Å²) in [5, 5.41) is 0. The van der Waals surface area contributed by atoms with Crippen molar-refractivity contribution >= 4 is 0 Å². The molecule has 0 aliphatic heterocycles. The lowest BCUT2D eigenvalue weighted by Gasteiger charge is -2.02. The van der Waals surface area contributed by atoms with E-state index in [9.17, 15) is 0 Å². The van der Waals surface area contributed by atoms with Crippen LogP contribution in [0.5, 0.6) is 0 Å². The number of hydrogen-bond acceptors (Lipinski definition) is 2. The van der Waals surface area contributed by atoms with Gasteiger partial charge in [-0.25, -0.2) is 0 Å². The molecule has 0 unspecified atom stereocenters. The zero-order valence-corrected chi connectivity index (χ0v) is 7.19. The van der Waals surface area contributed by atoms with Crippen molar-refractivity contribution in [3.05, 3.63) is 42.5 Å². The van der Waals surface area contributed by atoms with Crippen molar-refractivity contribution in [1.82, 2.24) is 0 Å². The fourth-order valence-corrected chi connectivity index (χ4v) is 0.867. The minimum atomic E-state index is 0.533. The first-order chi connectivity index (χ1) is 5.93. The van der Waals surface area contributed by atoms with Crippen molar-refractivity contribution in [3.8, 4) is 0 Å². The van der Waals surface area contributed by atoms with E-state index in [1.807, 2.05) is 30.3 Å². The topological polar surface area (TPSA) is 18.5 Å². The molecule has 2 heteroatoms. The zero-order valence-electron chi connectivity index (χ0n) is 7.19. The van der Waals surface area contributed by atoms with Crippen molar-refractivity contribution < 1.29 is 9.47 Å². The molecule has 0 bridgehead atoms. The van der Waals surface area contributed by atoms with Crippen LogP contribution in [0.4, 0.5) is 0 Å². The van der Waals surface area contributed by atoms with Crippen LogP contribution < -0.4 is 0 Å². The Bertz CT molecular complexity index is 196. The summed E-state index contributed by atoms with van der Waals surface area (Å²) in [5.74, 6) is 0. The van der Waals surface area contributed by atoms with Gasteiger partial charge in [-0.2, -0.15) is 0 Å². The summed E-state index contributed by atoms with van der Waals surface area (Å²) in [5.41, 5.74) is 1.18. The molecule has 0 aromatic heterocycles. The summed E-state index contributed by atoms with van der Waals surface area (Å²) in [4.78, 5) is 0. The molecule has 1 aromatic rings. The van der Waals surface area contributed by atoms with Crippen LogP contribution in [0.15, 0.2) is 30.3 Å². The predicted octanol–water partition coefficient (Wildman–Crippen LogP) is 2.01. The molecule has 1 rings (SSSR count). The Balaban J connectivity index is 2.16. The summed E-state index contributed by atoms with van der Waals surface area (Å²) in [6.45, 7) is 2.80. The highest BCUT2D eigenvalue weighted by Gasteiger charge is 1.90. The maximum absolute atomic E-state index is 5.28. The molecule has 0 N–H and O–H groups in total. The third kappa shape index (κ3) is 3.51. The SMILES string of the molecule is CO[CH]COCc1ccccc1. The highest BCUT2D eigenvalue weighted by molar-refractivity contribution is 5.13. The molecular formula is C10H13O2. The second-order valence-electron chi connectivity index (χ2n) is 2.40. The van der Waals surface area contributed by atoms with Gasteiger partial charge in [0.25, 0.3) is 0 Å². The molecule has 1 aromatic carbocycles. The smallest absolute Gasteiger partial charge is 0.109 e. The number of ether oxygens (including phenoxy) is 2. The van der Waals surface area contributed by atoms with E-state index in [1.165, 1.54) is 5.56 Å². The number of hydrogen-bond donors (Lipinski definition) is 0.